The van der Waals surface area contributed by atoms with Gasteiger partial charge in [0.25, 0.3) is 5.91 Å². The molecule has 3 aromatic rings. The van der Waals surface area contributed by atoms with Crippen molar-refractivity contribution in [2.45, 2.75) is 4.90 Å². The van der Waals surface area contributed by atoms with Crippen molar-refractivity contribution in [2.75, 3.05) is 0 Å². The number of carbonyl (C=O) groups excluding carboxylic acids is 1. The predicted octanol–water partition coefficient (Wildman–Crippen LogP) is 1.94. The van der Waals surface area contributed by atoms with Gasteiger partial charge in [0.05, 0.1) is 16.3 Å². The highest BCUT2D eigenvalue weighted by molar-refractivity contribution is 7.89. The highest BCUT2D eigenvalue weighted by Crippen LogP contribution is 2.33. The fourth-order valence-corrected chi connectivity index (χ4v) is 3.20. The normalized spacial score (nSPS) is 11.4. The minimum Gasteiger partial charge on any atom is -0.364 e. The zero-order valence-electron chi connectivity index (χ0n) is 12.8. The Bertz CT molecular complexity index is 1040. The Morgan fingerprint density at radius 3 is 2.16 bits per heavy atom. The first-order valence-corrected chi connectivity index (χ1v) is 8.98. The van der Waals surface area contributed by atoms with Crippen molar-refractivity contribution in [3.05, 3.63) is 65.3 Å². The minimum atomic E-state index is -3.81. The molecule has 0 saturated heterocycles. The van der Waals surface area contributed by atoms with E-state index in [1.54, 1.807) is 0 Å². The maximum Gasteiger partial charge on any atom is 0.270 e. The molecule has 0 spiro atoms. The van der Waals surface area contributed by atoms with E-state index in [4.69, 9.17) is 22.5 Å². The van der Waals surface area contributed by atoms with Crippen LogP contribution in [-0.2, 0) is 10.0 Å². The summed E-state index contributed by atoms with van der Waals surface area (Å²) in [6.07, 6.45) is 0. The van der Waals surface area contributed by atoms with Crippen molar-refractivity contribution in [3.8, 4) is 16.9 Å². The fourth-order valence-electron chi connectivity index (χ4n) is 2.37. The average molecular weight is 377 g/mol. The molecule has 4 N–H and O–H groups in total. The molecule has 2 aromatic carbocycles. The van der Waals surface area contributed by atoms with E-state index in [0.29, 0.717) is 11.4 Å². The molecule has 1 amide bonds. The fraction of sp³-hybridized carbons (Fsp3) is 0. The highest BCUT2D eigenvalue weighted by atomic mass is 35.5. The number of halogens is 1. The summed E-state index contributed by atoms with van der Waals surface area (Å²) in [4.78, 5) is 11.6. The number of sulfonamides is 1. The number of nitrogens with zero attached hydrogens (tertiary/aromatic N) is 2. The Hall–Kier alpha value is -2.68. The van der Waals surface area contributed by atoms with E-state index < -0.39 is 15.9 Å². The Kier molecular flexibility index (Phi) is 4.34. The molecule has 0 atom stereocenters. The molecule has 7 nitrogen and oxygen atoms in total. The van der Waals surface area contributed by atoms with Gasteiger partial charge in [-0.3, -0.25) is 4.79 Å². The lowest BCUT2D eigenvalue weighted by Crippen LogP contribution is -2.13. The largest absolute Gasteiger partial charge is 0.364 e. The maximum atomic E-state index is 11.6. The molecule has 0 radical (unpaired) electrons. The lowest BCUT2D eigenvalue weighted by Gasteiger charge is -2.08. The molecule has 0 bridgehead atoms. The van der Waals surface area contributed by atoms with Crippen molar-refractivity contribution < 1.29 is 13.2 Å². The first-order chi connectivity index (χ1) is 11.8. The van der Waals surface area contributed by atoms with Crippen LogP contribution in [0.3, 0.4) is 0 Å². The lowest BCUT2D eigenvalue weighted by molar-refractivity contribution is 0.0995. The Morgan fingerprint density at radius 1 is 1.04 bits per heavy atom. The van der Waals surface area contributed by atoms with Crippen LogP contribution in [0.4, 0.5) is 0 Å². The van der Waals surface area contributed by atoms with Crippen molar-refractivity contribution >= 4 is 27.5 Å². The minimum absolute atomic E-state index is 0.0362. The van der Waals surface area contributed by atoms with E-state index in [0.717, 1.165) is 5.56 Å². The monoisotopic (exact) mass is 376 g/mol. The number of carbonyl (C=O) groups is 1. The van der Waals surface area contributed by atoms with Crippen LogP contribution in [0.15, 0.2) is 59.5 Å². The molecule has 0 aliphatic rings. The predicted molar refractivity (Wildman–Crippen MR) is 93.9 cm³/mol. The molecular weight excluding hydrogens is 364 g/mol. The zero-order chi connectivity index (χ0) is 18.2. The quantitative estimate of drug-likeness (QED) is 0.722. The first kappa shape index (κ1) is 17.2. The average Bonchev–Trinajstić information content (AvgIpc) is 2.92. The van der Waals surface area contributed by atoms with Crippen molar-refractivity contribution in [1.29, 1.82) is 0 Å². The van der Waals surface area contributed by atoms with Crippen LogP contribution >= 0.6 is 11.6 Å². The molecule has 0 aliphatic carbocycles. The molecule has 9 heteroatoms. The second kappa shape index (κ2) is 6.32. The summed E-state index contributed by atoms with van der Waals surface area (Å²) in [7, 11) is -3.81. The molecule has 3 rings (SSSR count). The number of primary amides is 1. The van der Waals surface area contributed by atoms with E-state index in [-0.39, 0.29) is 15.6 Å². The van der Waals surface area contributed by atoms with E-state index in [2.05, 4.69) is 5.10 Å². The summed E-state index contributed by atoms with van der Waals surface area (Å²) in [6.45, 7) is 0. The zero-order valence-corrected chi connectivity index (χ0v) is 14.3. The summed E-state index contributed by atoms with van der Waals surface area (Å²) in [5, 5.41) is 9.40. The van der Waals surface area contributed by atoms with Gasteiger partial charge < -0.3 is 5.73 Å². The van der Waals surface area contributed by atoms with E-state index in [9.17, 15) is 13.2 Å². The SMILES string of the molecule is NC(=O)c1nn(-c2ccc(S(N)(=O)=O)cc2)c(-c2ccccc2)c1Cl. The van der Waals surface area contributed by atoms with Crippen molar-refractivity contribution in [1.82, 2.24) is 9.78 Å². The number of rotatable bonds is 4. The summed E-state index contributed by atoms with van der Waals surface area (Å²) in [6, 6.07) is 14.8. The number of amides is 1. The van der Waals surface area contributed by atoms with E-state index in [1.807, 2.05) is 30.3 Å². The summed E-state index contributed by atoms with van der Waals surface area (Å²) in [5.74, 6) is -0.762. The summed E-state index contributed by atoms with van der Waals surface area (Å²) < 4.78 is 24.2. The third kappa shape index (κ3) is 3.27. The van der Waals surface area contributed by atoms with Gasteiger partial charge in [-0.15, -0.1) is 0 Å². The van der Waals surface area contributed by atoms with Crippen LogP contribution in [0.2, 0.25) is 5.02 Å². The van der Waals surface area contributed by atoms with E-state index in [1.165, 1.54) is 28.9 Å². The van der Waals surface area contributed by atoms with Gasteiger partial charge in [0.2, 0.25) is 10.0 Å². The number of benzene rings is 2. The Labute approximate surface area is 148 Å². The Morgan fingerprint density at radius 2 is 1.64 bits per heavy atom. The van der Waals surface area contributed by atoms with Crippen molar-refractivity contribution in [2.24, 2.45) is 10.9 Å². The molecule has 0 fully saturated rings. The highest BCUT2D eigenvalue weighted by Gasteiger charge is 2.22. The second-order valence-corrected chi connectivity index (χ2v) is 7.13. The van der Waals surface area contributed by atoms with Gasteiger partial charge in [-0.25, -0.2) is 18.2 Å². The number of hydrogen-bond donors (Lipinski definition) is 2. The van der Waals surface area contributed by atoms with Gasteiger partial charge >= 0.3 is 0 Å². The standard InChI is InChI=1S/C16H13ClN4O3S/c17-13-14(16(18)22)20-21(15(13)10-4-2-1-3-5-10)11-6-8-12(9-7-11)25(19,23)24/h1-9H,(H2,18,22)(H2,19,23,24). The van der Waals surface area contributed by atoms with Gasteiger partial charge in [0.1, 0.15) is 5.02 Å². The maximum absolute atomic E-state index is 11.6. The van der Waals surface area contributed by atoms with Gasteiger partial charge in [-0.1, -0.05) is 41.9 Å². The number of nitrogens with two attached hydrogens (primary N) is 2. The molecule has 1 heterocycles. The second-order valence-electron chi connectivity index (χ2n) is 5.19. The first-order valence-electron chi connectivity index (χ1n) is 7.06. The van der Waals surface area contributed by atoms with Crippen molar-refractivity contribution in [3.63, 3.8) is 0 Å². The van der Waals surface area contributed by atoms with E-state index >= 15 is 0 Å². The third-order valence-electron chi connectivity index (χ3n) is 3.52. The van der Waals surface area contributed by atoms with Gasteiger partial charge in [0.15, 0.2) is 5.69 Å². The van der Waals surface area contributed by atoms with Gasteiger partial charge in [-0.2, -0.15) is 5.10 Å². The molecule has 0 aliphatic heterocycles. The van der Waals surface area contributed by atoms with Gasteiger partial charge in [0, 0.05) is 5.56 Å². The summed E-state index contributed by atoms with van der Waals surface area (Å²) in [5.41, 5.74) is 6.96. The van der Waals surface area contributed by atoms with Gasteiger partial charge in [-0.05, 0) is 24.3 Å². The summed E-state index contributed by atoms with van der Waals surface area (Å²) >= 11 is 6.31. The van der Waals surface area contributed by atoms with Crippen LogP contribution < -0.4 is 10.9 Å². The number of primary sulfonamides is 1. The number of hydrogen-bond acceptors (Lipinski definition) is 4. The number of aromatic nitrogens is 2. The Balaban J connectivity index is 2.22. The molecule has 1 aromatic heterocycles. The van der Waals surface area contributed by atoms with Crippen LogP contribution in [0.25, 0.3) is 16.9 Å². The molecule has 0 unspecified atom stereocenters. The molecule has 25 heavy (non-hydrogen) atoms. The molecule has 128 valence electrons. The van der Waals surface area contributed by atoms with Crippen LogP contribution in [0, 0.1) is 0 Å². The van der Waals surface area contributed by atoms with Crippen LogP contribution in [-0.4, -0.2) is 24.1 Å². The smallest absolute Gasteiger partial charge is 0.270 e. The topological polar surface area (TPSA) is 121 Å². The van der Waals surface area contributed by atoms with Crippen LogP contribution in [0.5, 0.6) is 0 Å². The lowest BCUT2D eigenvalue weighted by atomic mass is 10.1. The molecule has 0 saturated carbocycles. The third-order valence-corrected chi connectivity index (χ3v) is 4.81. The molecular formula is C16H13ClN4O3S. The van der Waals surface area contributed by atoms with Crippen LogP contribution in [0.1, 0.15) is 10.5 Å².